The Bertz CT molecular complexity index is 561. The highest BCUT2D eigenvalue weighted by molar-refractivity contribution is 5.32. The van der Waals surface area contributed by atoms with E-state index in [0.717, 1.165) is 18.6 Å². The number of hydrogen-bond donors (Lipinski definition) is 0. The average molecular weight is 282 g/mol. The largest absolute Gasteiger partial charge is 0.483 e. The lowest BCUT2D eigenvalue weighted by molar-refractivity contribution is 0.0825. The van der Waals surface area contributed by atoms with Gasteiger partial charge in [-0.25, -0.2) is 0 Å². The standard InChI is InChI=1S/C20H26O/c1-5-16(3)17-11-10-14-19(15-17)21-20(4,6-2)18-12-8-7-9-13-18/h7-16H,5-6H2,1-4H3. The van der Waals surface area contributed by atoms with Gasteiger partial charge in [-0.05, 0) is 48.9 Å². The van der Waals surface area contributed by atoms with Crippen molar-refractivity contribution in [2.45, 2.75) is 52.1 Å². The Morgan fingerprint density at radius 3 is 2.33 bits per heavy atom. The molecule has 2 aromatic rings. The molecule has 0 radical (unpaired) electrons. The molecular formula is C20H26O. The molecule has 0 saturated heterocycles. The van der Waals surface area contributed by atoms with E-state index in [1.54, 1.807) is 0 Å². The van der Waals surface area contributed by atoms with E-state index in [0.29, 0.717) is 5.92 Å². The minimum Gasteiger partial charge on any atom is -0.483 e. The van der Waals surface area contributed by atoms with E-state index in [4.69, 9.17) is 4.74 Å². The van der Waals surface area contributed by atoms with Crippen LogP contribution in [0.25, 0.3) is 0 Å². The van der Waals surface area contributed by atoms with Crippen molar-refractivity contribution >= 4 is 0 Å². The Kier molecular flexibility index (Phi) is 5.06. The molecule has 112 valence electrons. The molecule has 2 rings (SSSR count). The first-order chi connectivity index (χ1) is 10.1. The van der Waals surface area contributed by atoms with Crippen molar-refractivity contribution < 1.29 is 4.74 Å². The lowest BCUT2D eigenvalue weighted by Gasteiger charge is -2.30. The summed E-state index contributed by atoms with van der Waals surface area (Å²) in [6.07, 6.45) is 2.08. The van der Waals surface area contributed by atoms with Gasteiger partial charge in [0.05, 0.1) is 0 Å². The smallest absolute Gasteiger partial charge is 0.131 e. The number of hydrogen-bond acceptors (Lipinski definition) is 1. The van der Waals surface area contributed by atoms with E-state index in [2.05, 4.69) is 76.2 Å². The topological polar surface area (TPSA) is 9.23 Å². The van der Waals surface area contributed by atoms with Crippen LogP contribution in [-0.4, -0.2) is 0 Å². The van der Waals surface area contributed by atoms with Gasteiger partial charge in [-0.15, -0.1) is 0 Å². The Morgan fingerprint density at radius 1 is 1.00 bits per heavy atom. The van der Waals surface area contributed by atoms with Gasteiger partial charge in [-0.2, -0.15) is 0 Å². The Labute approximate surface area is 129 Å². The van der Waals surface area contributed by atoms with Crippen molar-refractivity contribution in [2.75, 3.05) is 0 Å². The minimum atomic E-state index is -0.282. The molecule has 0 heterocycles. The van der Waals surface area contributed by atoms with E-state index in [9.17, 15) is 0 Å². The summed E-state index contributed by atoms with van der Waals surface area (Å²) in [7, 11) is 0. The molecule has 21 heavy (non-hydrogen) atoms. The summed E-state index contributed by atoms with van der Waals surface area (Å²) >= 11 is 0. The van der Waals surface area contributed by atoms with Crippen molar-refractivity contribution in [1.82, 2.24) is 0 Å². The number of rotatable bonds is 6. The van der Waals surface area contributed by atoms with Crippen molar-refractivity contribution in [2.24, 2.45) is 0 Å². The van der Waals surface area contributed by atoms with Gasteiger partial charge in [-0.3, -0.25) is 0 Å². The van der Waals surface area contributed by atoms with Gasteiger partial charge in [0.2, 0.25) is 0 Å². The van der Waals surface area contributed by atoms with Crippen molar-refractivity contribution in [1.29, 1.82) is 0 Å². The monoisotopic (exact) mass is 282 g/mol. The zero-order valence-corrected chi connectivity index (χ0v) is 13.6. The summed E-state index contributed by atoms with van der Waals surface area (Å²) in [4.78, 5) is 0. The van der Waals surface area contributed by atoms with Gasteiger partial charge in [0.1, 0.15) is 11.4 Å². The summed E-state index contributed by atoms with van der Waals surface area (Å²) in [5, 5.41) is 0. The van der Waals surface area contributed by atoms with Crippen LogP contribution in [0.4, 0.5) is 0 Å². The second-order valence-corrected chi connectivity index (χ2v) is 5.93. The van der Waals surface area contributed by atoms with E-state index in [-0.39, 0.29) is 5.60 Å². The van der Waals surface area contributed by atoms with E-state index in [1.165, 1.54) is 11.1 Å². The highest BCUT2D eigenvalue weighted by Crippen LogP contribution is 2.32. The average Bonchev–Trinajstić information content (AvgIpc) is 2.55. The fraction of sp³-hybridized carbons (Fsp3) is 0.400. The number of ether oxygens (including phenoxy) is 1. The lowest BCUT2D eigenvalue weighted by Crippen LogP contribution is -2.28. The van der Waals surface area contributed by atoms with Crippen molar-refractivity contribution in [3.63, 3.8) is 0 Å². The third kappa shape index (κ3) is 3.66. The molecule has 0 saturated carbocycles. The summed E-state index contributed by atoms with van der Waals surface area (Å²) in [5.74, 6) is 1.53. The third-order valence-electron chi connectivity index (χ3n) is 4.44. The molecule has 2 atom stereocenters. The molecule has 0 aliphatic carbocycles. The molecule has 0 aliphatic heterocycles. The minimum absolute atomic E-state index is 0.282. The molecule has 0 fully saturated rings. The first-order valence-corrected chi connectivity index (χ1v) is 7.93. The highest BCUT2D eigenvalue weighted by Gasteiger charge is 2.26. The Morgan fingerprint density at radius 2 is 1.71 bits per heavy atom. The quantitative estimate of drug-likeness (QED) is 0.640. The summed E-state index contributed by atoms with van der Waals surface area (Å²) in [6, 6.07) is 19.0. The molecule has 1 nitrogen and oxygen atoms in total. The van der Waals surface area contributed by atoms with Gasteiger partial charge in [0.25, 0.3) is 0 Å². The maximum atomic E-state index is 6.37. The van der Waals surface area contributed by atoms with Crippen LogP contribution < -0.4 is 4.74 Å². The normalized spacial score (nSPS) is 15.2. The maximum absolute atomic E-state index is 6.37. The molecule has 0 amide bonds. The predicted molar refractivity (Wildman–Crippen MR) is 89.9 cm³/mol. The van der Waals surface area contributed by atoms with Gasteiger partial charge in [0, 0.05) is 0 Å². The molecule has 0 N–H and O–H groups in total. The van der Waals surface area contributed by atoms with Gasteiger partial charge >= 0.3 is 0 Å². The van der Waals surface area contributed by atoms with Crippen LogP contribution in [0.15, 0.2) is 54.6 Å². The first kappa shape index (κ1) is 15.6. The SMILES string of the molecule is CCC(C)c1cccc(OC(C)(CC)c2ccccc2)c1. The summed E-state index contributed by atoms with van der Waals surface area (Å²) in [6.45, 7) is 8.82. The molecule has 0 spiro atoms. The van der Waals surface area contributed by atoms with E-state index < -0.39 is 0 Å². The van der Waals surface area contributed by atoms with Crippen LogP contribution in [-0.2, 0) is 5.60 Å². The highest BCUT2D eigenvalue weighted by atomic mass is 16.5. The molecule has 2 aromatic carbocycles. The predicted octanol–water partition coefficient (Wildman–Crippen LogP) is 5.90. The summed E-state index contributed by atoms with van der Waals surface area (Å²) in [5.41, 5.74) is 2.29. The fourth-order valence-electron chi connectivity index (χ4n) is 2.51. The molecular weight excluding hydrogens is 256 g/mol. The zero-order valence-electron chi connectivity index (χ0n) is 13.6. The van der Waals surface area contributed by atoms with Gasteiger partial charge in [0.15, 0.2) is 0 Å². The first-order valence-electron chi connectivity index (χ1n) is 7.93. The summed E-state index contributed by atoms with van der Waals surface area (Å²) < 4.78 is 6.37. The lowest BCUT2D eigenvalue weighted by atomic mass is 9.92. The van der Waals surface area contributed by atoms with Crippen LogP contribution in [0, 0.1) is 0 Å². The van der Waals surface area contributed by atoms with Crippen LogP contribution in [0.1, 0.15) is 57.6 Å². The number of benzene rings is 2. The zero-order chi connectivity index (χ0) is 15.3. The van der Waals surface area contributed by atoms with Crippen molar-refractivity contribution in [3.8, 4) is 5.75 Å². The van der Waals surface area contributed by atoms with E-state index >= 15 is 0 Å². The third-order valence-corrected chi connectivity index (χ3v) is 4.44. The molecule has 1 heteroatoms. The van der Waals surface area contributed by atoms with Crippen LogP contribution in [0.3, 0.4) is 0 Å². The second-order valence-electron chi connectivity index (χ2n) is 5.93. The Hall–Kier alpha value is -1.76. The van der Waals surface area contributed by atoms with Crippen molar-refractivity contribution in [3.05, 3.63) is 65.7 Å². The molecule has 0 aromatic heterocycles. The Balaban J connectivity index is 2.27. The van der Waals surface area contributed by atoms with Crippen LogP contribution >= 0.6 is 0 Å². The van der Waals surface area contributed by atoms with Crippen LogP contribution in [0.5, 0.6) is 5.75 Å². The van der Waals surface area contributed by atoms with Crippen LogP contribution in [0.2, 0.25) is 0 Å². The van der Waals surface area contributed by atoms with Gasteiger partial charge < -0.3 is 4.74 Å². The van der Waals surface area contributed by atoms with E-state index in [1.807, 2.05) is 6.07 Å². The van der Waals surface area contributed by atoms with Gasteiger partial charge in [-0.1, -0.05) is 63.2 Å². The molecule has 2 unspecified atom stereocenters. The molecule has 0 bridgehead atoms. The molecule has 0 aliphatic rings. The second kappa shape index (κ2) is 6.80. The maximum Gasteiger partial charge on any atom is 0.131 e. The fourth-order valence-corrected chi connectivity index (χ4v) is 2.51.